The number of aromatic hydroxyl groups is 2. The van der Waals surface area contributed by atoms with Crippen LogP contribution in [0.2, 0.25) is 0 Å². The molecule has 1 atom stereocenters. The molecule has 0 heterocycles. The molecule has 0 aromatic heterocycles. The Morgan fingerprint density at radius 1 is 1.38 bits per heavy atom. The molecule has 0 saturated carbocycles. The summed E-state index contributed by atoms with van der Waals surface area (Å²) < 4.78 is 0. The van der Waals surface area contributed by atoms with Gasteiger partial charge in [0.25, 0.3) is 5.91 Å². The van der Waals surface area contributed by atoms with Crippen molar-refractivity contribution in [1.29, 1.82) is 5.26 Å². The first-order valence-electron chi connectivity index (χ1n) is 9.33. The van der Waals surface area contributed by atoms with Gasteiger partial charge < -0.3 is 10.2 Å². The molecule has 5 heteroatoms. The molecule has 26 heavy (non-hydrogen) atoms. The number of nitrogens with zero attached hydrogens (tertiary/aromatic N) is 2. The van der Waals surface area contributed by atoms with Crippen molar-refractivity contribution in [2.45, 2.75) is 64.7 Å². The third-order valence-electron chi connectivity index (χ3n) is 5.06. The number of aryl methyl sites for hydroxylation is 1. The van der Waals surface area contributed by atoms with E-state index in [1.165, 1.54) is 12.6 Å². The molecule has 2 rings (SSSR count). The number of unbranched alkanes of at least 4 members (excludes halogenated alkanes) is 2. The third kappa shape index (κ3) is 4.19. The minimum Gasteiger partial charge on any atom is -0.507 e. The van der Waals surface area contributed by atoms with Crippen molar-refractivity contribution in [3.8, 4) is 17.7 Å². The molecule has 1 aromatic rings. The van der Waals surface area contributed by atoms with Crippen LogP contribution >= 0.6 is 0 Å². The van der Waals surface area contributed by atoms with Gasteiger partial charge in [0, 0.05) is 18.5 Å². The zero-order valence-electron chi connectivity index (χ0n) is 15.9. The van der Waals surface area contributed by atoms with Gasteiger partial charge in [0.2, 0.25) is 0 Å². The number of carbonyl (C=O) groups is 1. The first-order valence-corrected chi connectivity index (χ1v) is 9.33. The number of phenols is 2. The Labute approximate surface area is 155 Å². The van der Waals surface area contributed by atoms with Crippen LogP contribution < -0.4 is 0 Å². The molecule has 1 amide bonds. The van der Waals surface area contributed by atoms with Crippen LogP contribution in [0.5, 0.6) is 11.5 Å². The summed E-state index contributed by atoms with van der Waals surface area (Å²) in [4.78, 5) is 13.6. The summed E-state index contributed by atoms with van der Waals surface area (Å²) in [7, 11) is 1.38. The van der Waals surface area contributed by atoms with Crippen LogP contribution in [-0.4, -0.2) is 28.1 Å². The predicted molar refractivity (Wildman–Crippen MR) is 101 cm³/mol. The van der Waals surface area contributed by atoms with Crippen LogP contribution in [0, 0.1) is 11.5 Å². The maximum atomic E-state index is 12.7. The largest absolute Gasteiger partial charge is 0.507 e. The van der Waals surface area contributed by atoms with Crippen LogP contribution in [0.4, 0.5) is 0 Å². The van der Waals surface area contributed by atoms with E-state index in [1.54, 1.807) is 12.3 Å². The van der Waals surface area contributed by atoms with Crippen molar-refractivity contribution in [3.63, 3.8) is 0 Å². The summed E-state index contributed by atoms with van der Waals surface area (Å²) in [6.07, 6.45) is 10.1. The number of amides is 1. The van der Waals surface area contributed by atoms with Crippen molar-refractivity contribution in [1.82, 2.24) is 4.90 Å². The summed E-state index contributed by atoms with van der Waals surface area (Å²) in [5.41, 5.74) is 2.36. The molecule has 1 unspecified atom stereocenters. The second-order valence-corrected chi connectivity index (χ2v) is 7.13. The average Bonchev–Trinajstić information content (AvgIpc) is 2.60. The Morgan fingerprint density at radius 3 is 2.73 bits per heavy atom. The Bertz CT molecular complexity index is 747. The monoisotopic (exact) mass is 356 g/mol. The number of allylic oxidation sites excluding steroid dienone is 2. The molecule has 0 radical (unpaired) electrons. The lowest BCUT2D eigenvalue weighted by Crippen LogP contribution is -2.23. The number of phenolic OH excluding ortho intramolecular Hbond substituents is 2. The summed E-state index contributed by atoms with van der Waals surface area (Å²) in [5, 5.41) is 30.6. The lowest BCUT2D eigenvalue weighted by Gasteiger charge is -2.24. The fourth-order valence-electron chi connectivity index (χ4n) is 3.64. The van der Waals surface area contributed by atoms with E-state index in [4.69, 9.17) is 5.26 Å². The summed E-state index contributed by atoms with van der Waals surface area (Å²) in [6, 6.07) is 1.60. The molecule has 0 saturated heterocycles. The standard InChI is InChI=1S/C21H28N2O3/c1-4-5-6-9-16-12-17(24)18(15-10-7-8-14(2)11-15)20(25)19(16)21(26)23(3)13-22/h11-12,15,24-25H,4-10H2,1-3H3. The van der Waals surface area contributed by atoms with E-state index in [-0.39, 0.29) is 23.0 Å². The molecule has 0 bridgehead atoms. The molecule has 0 spiro atoms. The highest BCUT2D eigenvalue weighted by molar-refractivity contribution is 6.00. The lowest BCUT2D eigenvalue weighted by atomic mass is 9.83. The molecule has 5 nitrogen and oxygen atoms in total. The quantitative estimate of drug-likeness (QED) is 0.338. The first-order chi connectivity index (χ1) is 12.4. The number of nitriles is 1. The molecular weight excluding hydrogens is 328 g/mol. The van der Waals surface area contributed by atoms with Gasteiger partial charge >= 0.3 is 0 Å². The second-order valence-electron chi connectivity index (χ2n) is 7.13. The third-order valence-corrected chi connectivity index (χ3v) is 5.06. The zero-order chi connectivity index (χ0) is 19.3. The lowest BCUT2D eigenvalue weighted by molar-refractivity contribution is 0.0854. The van der Waals surface area contributed by atoms with Crippen LogP contribution in [0.3, 0.4) is 0 Å². The fraction of sp³-hybridized carbons (Fsp3) is 0.524. The van der Waals surface area contributed by atoms with E-state index in [2.05, 4.69) is 13.0 Å². The smallest absolute Gasteiger partial charge is 0.270 e. The molecule has 0 aliphatic heterocycles. The Hall–Kier alpha value is -2.48. The highest BCUT2D eigenvalue weighted by Crippen LogP contribution is 2.44. The van der Waals surface area contributed by atoms with E-state index in [0.29, 0.717) is 17.5 Å². The van der Waals surface area contributed by atoms with Gasteiger partial charge in [-0.05, 0) is 50.7 Å². The number of benzene rings is 1. The van der Waals surface area contributed by atoms with Gasteiger partial charge in [-0.3, -0.25) is 4.79 Å². The number of carbonyl (C=O) groups excluding carboxylic acids is 1. The first kappa shape index (κ1) is 19.8. The summed E-state index contributed by atoms with van der Waals surface area (Å²) in [5.74, 6) is -0.803. The van der Waals surface area contributed by atoms with Crippen molar-refractivity contribution >= 4 is 5.91 Å². The highest BCUT2D eigenvalue weighted by atomic mass is 16.3. The topological polar surface area (TPSA) is 84.6 Å². The highest BCUT2D eigenvalue weighted by Gasteiger charge is 2.28. The van der Waals surface area contributed by atoms with Gasteiger partial charge in [0.1, 0.15) is 11.5 Å². The van der Waals surface area contributed by atoms with Crippen LogP contribution in [0.15, 0.2) is 17.7 Å². The number of hydrogen-bond donors (Lipinski definition) is 2. The van der Waals surface area contributed by atoms with E-state index in [0.717, 1.165) is 43.4 Å². The molecule has 1 aromatic carbocycles. The summed E-state index contributed by atoms with van der Waals surface area (Å²) >= 11 is 0. The average molecular weight is 356 g/mol. The predicted octanol–water partition coefficient (Wildman–Crippen LogP) is 4.60. The maximum absolute atomic E-state index is 12.7. The van der Waals surface area contributed by atoms with Crippen molar-refractivity contribution in [2.24, 2.45) is 0 Å². The van der Waals surface area contributed by atoms with Gasteiger partial charge in [-0.2, -0.15) is 5.26 Å². The van der Waals surface area contributed by atoms with Gasteiger partial charge in [0.15, 0.2) is 6.19 Å². The molecule has 1 aliphatic carbocycles. The van der Waals surface area contributed by atoms with Crippen LogP contribution in [-0.2, 0) is 6.42 Å². The molecule has 140 valence electrons. The molecular formula is C21H28N2O3. The Morgan fingerprint density at radius 2 is 2.12 bits per heavy atom. The van der Waals surface area contributed by atoms with E-state index in [1.807, 2.05) is 6.92 Å². The minimum absolute atomic E-state index is 0.0288. The zero-order valence-corrected chi connectivity index (χ0v) is 15.9. The van der Waals surface area contributed by atoms with Gasteiger partial charge in [-0.1, -0.05) is 31.4 Å². The van der Waals surface area contributed by atoms with E-state index >= 15 is 0 Å². The molecule has 0 fully saturated rings. The van der Waals surface area contributed by atoms with Gasteiger partial charge in [-0.15, -0.1) is 0 Å². The van der Waals surface area contributed by atoms with E-state index < -0.39 is 5.91 Å². The van der Waals surface area contributed by atoms with Crippen LogP contribution in [0.25, 0.3) is 0 Å². The van der Waals surface area contributed by atoms with Crippen molar-refractivity contribution in [3.05, 3.63) is 34.4 Å². The normalized spacial score (nSPS) is 16.7. The van der Waals surface area contributed by atoms with E-state index in [9.17, 15) is 15.0 Å². The second kappa shape index (κ2) is 8.75. The molecule has 1 aliphatic rings. The number of hydrogen-bond acceptors (Lipinski definition) is 4. The summed E-state index contributed by atoms with van der Waals surface area (Å²) in [6.45, 7) is 4.13. The Balaban J connectivity index is 2.56. The minimum atomic E-state index is -0.533. The number of rotatable bonds is 6. The van der Waals surface area contributed by atoms with Crippen LogP contribution in [0.1, 0.15) is 79.8 Å². The van der Waals surface area contributed by atoms with Crippen molar-refractivity contribution in [2.75, 3.05) is 7.05 Å². The molecule has 2 N–H and O–H groups in total. The SMILES string of the molecule is CCCCCc1cc(O)c(C2C=C(C)CCC2)c(O)c1C(=O)N(C)C#N. The Kier molecular flexibility index (Phi) is 6.68. The fourth-order valence-corrected chi connectivity index (χ4v) is 3.64. The van der Waals surface area contributed by atoms with Gasteiger partial charge in [0.05, 0.1) is 5.56 Å². The van der Waals surface area contributed by atoms with Gasteiger partial charge in [-0.25, -0.2) is 4.90 Å². The maximum Gasteiger partial charge on any atom is 0.270 e. The van der Waals surface area contributed by atoms with Crippen molar-refractivity contribution < 1.29 is 15.0 Å².